The molecule has 1 unspecified atom stereocenters. The van der Waals surface area contributed by atoms with Crippen molar-refractivity contribution in [3.63, 3.8) is 0 Å². The van der Waals surface area contributed by atoms with E-state index in [2.05, 4.69) is 32.2 Å². The molecule has 0 saturated carbocycles. The van der Waals surface area contributed by atoms with Gasteiger partial charge in [0.15, 0.2) is 11.5 Å². The molecule has 1 aromatic rings. The van der Waals surface area contributed by atoms with Crippen LogP contribution in [0, 0.1) is 5.92 Å². The van der Waals surface area contributed by atoms with E-state index in [1.165, 1.54) is 5.56 Å². The molecule has 19 heavy (non-hydrogen) atoms. The molecule has 0 fully saturated rings. The van der Waals surface area contributed by atoms with Crippen LogP contribution < -0.4 is 14.8 Å². The predicted molar refractivity (Wildman–Crippen MR) is 74.6 cm³/mol. The van der Waals surface area contributed by atoms with Gasteiger partial charge in [-0.2, -0.15) is 0 Å². The molecule has 0 amide bonds. The summed E-state index contributed by atoms with van der Waals surface area (Å²) in [6, 6.07) is 6.34. The third kappa shape index (κ3) is 4.11. The second-order valence-electron chi connectivity index (χ2n) is 5.26. The standard InChI is InChI=1S/C15H23NO3/c1-11(2)9-17-7-6-16-12(3)13-4-5-14-15(8-13)19-10-18-14/h4-5,8,11-12,16H,6-7,9-10H2,1-3H3. The summed E-state index contributed by atoms with van der Waals surface area (Å²) >= 11 is 0. The monoisotopic (exact) mass is 265 g/mol. The zero-order chi connectivity index (χ0) is 13.7. The minimum Gasteiger partial charge on any atom is -0.454 e. The van der Waals surface area contributed by atoms with E-state index in [1.807, 2.05) is 12.1 Å². The molecule has 1 heterocycles. The highest BCUT2D eigenvalue weighted by atomic mass is 16.7. The molecule has 0 radical (unpaired) electrons. The molecule has 1 atom stereocenters. The number of hydrogen-bond acceptors (Lipinski definition) is 4. The Bertz CT molecular complexity index is 406. The Morgan fingerprint density at radius 3 is 2.79 bits per heavy atom. The lowest BCUT2D eigenvalue weighted by Crippen LogP contribution is -2.23. The van der Waals surface area contributed by atoms with Gasteiger partial charge in [0.25, 0.3) is 0 Å². The number of ether oxygens (including phenoxy) is 3. The summed E-state index contributed by atoms with van der Waals surface area (Å²) in [4.78, 5) is 0. The van der Waals surface area contributed by atoms with Crippen molar-refractivity contribution >= 4 is 0 Å². The molecule has 0 saturated heterocycles. The fourth-order valence-corrected chi connectivity index (χ4v) is 1.97. The van der Waals surface area contributed by atoms with Crippen molar-refractivity contribution in [2.45, 2.75) is 26.8 Å². The lowest BCUT2D eigenvalue weighted by atomic mass is 10.1. The van der Waals surface area contributed by atoms with Gasteiger partial charge in [-0.1, -0.05) is 19.9 Å². The zero-order valence-electron chi connectivity index (χ0n) is 11.9. The van der Waals surface area contributed by atoms with Crippen LogP contribution in [0.4, 0.5) is 0 Å². The van der Waals surface area contributed by atoms with Crippen LogP contribution in [0.15, 0.2) is 18.2 Å². The molecule has 0 bridgehead atoms. The van der Waals surface area contributed by atoms with Crippen LogP contribution in [0.3, 0.4) is 0 Å². The van der Waals surface area contributed by atoms with Gasteiger partial charge in [-0.3, -0.25) is 0 Å². The lowest BCUT2D eigenvalue weighted by Gasteiger charge is -2.15. The second-order valence-corrected chi connectivity index (χ2v) is 5.26. The average Bonchev–Trinajstić information content (AvgIpc) is 2.84. The molecule has 0 aromatic heterocycles. The van der Waals surface area contributed by atoms with Crippen LogP contribution in [0.1, 0.15) is 32.4 Å². The SMILES string of the molecule is CC(C)COCCNC(C)c1ccc2c(c1)OCO2. The minimum absolute atomic E-state index is 0.275. The summed E-state index contributed by atoms with van der Waals surface area (Å²) in [6.45, 7) is 9.18. The van der Waals surface area contributed by atoms with Crippen LogP contribution in [0.25, 0.3) is 0 Å². The molecule has 4 nitrogen and oxygen atoms in total. The number of rotatable bonds is 7. The first-order valence-electron chi connectivity index (χ1n) is 6.87. The molecule has 2 rings (SSSR count). The van der Waals surface area contributed by atoms with Crippen LogP contribution >= 0.6 is 0 Å². The fraction of sp³-hybridized carbons (Fsp3) is 0.600. The molecule has 0 spiro atoms. The first-order valence-corrected chi connectivity index (χ1v) is 6.87. The van der Waals surface area contributed by atoms with Crippen LogP contribution in [-0.2, 0) is 4.74 Å². The second kappa shape index (κ2) is 6.78. The Labute approximate surface area is 115 Å². The van der Waals surface area contributed by atoms with E-state index in [0.717, 1.165) is 31.3 Å². The molecule has 106 valence electrons. The first-order chi connectivity index (χ1) is 9.16. The van der Waals surface area contributed by atoms with Crippen LogP contribution in [-0.4, -0.2) is 26.6 Å². The van der Waals surface area contributed by atoms with Gasteiger partial charge in [0.1, 0.15) is 0 Å². The molecular formula is C15H23NO3. The third-order valence-electron chi connectivity index (χ3n) is 3.04. The maximum absolute atomic E-state index is 5.55. The maximum atomic E-state index is 5.55. The van der Waals surface area contributed by atoms with Crippen molar-refractivity contribution in [1.82, 2.24) is 5.32 Å². The summed E-state index contributed by atoms with van der Waals surface area (Å²) in [5, 5.41) is 3.44. The molecule has 1 aliphatic rings. The van der Waals surface area contributed by atoms with Gasteiger partial charge >= 0.3 is 0 Å². The predicted octanol–water partition coefficient (Wildman–Crippen LogP) is 2.74. The number of benzene rings is 1. The molecule has 0 aliphatic carbocycles. The zero-order valence-corrected chi connectivity index (χ0v) is 11.9. The summed E-state index contributed by atoms with van der Waals surface area (Å²) in [7, 11) is 0. The highest BCUT2D eigenvalue weighted by Crippen LogP contribution is 2.33. The van der Waals surface area contributed by atoms with Crippen molar-refractivity contribution in [2.75, 3.05) is 26.6 Å². The van der Waals surface area contributed by atoms with Crippen molar-refractivity contribution < 1.29 is 14.2 Å². The highest BCUT2D eigenvalue weighted by molar-refractivity contribution is 5.45. The Kier molecular flexibility index (Phi) is 5.05. The van der Waals surface area contributed by atoms with Gasteiger partial charge in [-0.25, -0.2) is 0 Å². The quantitative estimate of drug-likeness (QED) is 0.770. The summed E-state index contributed by atoms with van der Waals surface area (Å²) in [5.74, 6) is 2.25. The van der Waals surface area contributed by atoms with E-state index < -0.39 is 0 Å². The van der Waals surface area contributed by atoms with Gasteiger partial charge in [-0.15, -0.1) is 0 Å². The molecule has 1 aromatic carbocycles. The normalized spacial score (nSPS) is 14.9. The topological polar surface area (TPSA) is 39.7 Å². The number of fused-ring (bicyclic) bond motifs is 1. The molecular weight excluding hydrogens is 242 g/mol. The Hall–Kier alpha value is -1.26. The van der Waals surface area contributed by atoms with Crippen molar-refractivity contribution in [1.29, 1.82) is 0 Å². The van der Waals surface area contributed by atoms with E-state index in [0.29, 0.717) is 12.7 Å². The first kappa shape index (κ1) is 14.2. The van der Waals surface area contributed by atoms with Gasteiger partial charge in [0.05, 0.1) is 6.61 Å². The minimum atomic E-state index is 0.275. The maximum Gasteiger partial charge on any atom is 0.231 e. The Morgan fingerprint density at radius 1 is 1.21 bits per heavy atom. The fourth-order valence-electron chi connectivity index (χ4n) is 1.97. The van der Waals surface area contributed by atoms with Gasteiger partial charge in [0, 0.05) is 19.2 Å². The van der Waals surface area contributed by atoms with Crippen LogP contribution in [0.2, 0.25) is 0 Å². The van der Waals surface area contributed by atoms with Crippen molar-refractivity contribution in [3.05, 3.63) is 23.8 Å². The van der Waals surface area contributed by atoms with E-state index in [1.54, 1.807) is 0 Å². The van der Waals surface area contributed by atoms with E-state index in [9.17, 15) is 0 Å². The van der Waals surface area contributed by atoms with Crippen molar-refractivity contribution in [3.8, 4) is 11.5 Å². The van der Waals surface area contributed by atoms with Gasteiger partial charge < -0.3 is 19.5 Å². The van der Waals surface area contributed by atoms with E-state index in [4.69, 9.17) is 14.2 Å². The molecule has 1 aliphatic heterocycles. The summed E-state index contributed by atoms with van der Waals surface area (Å²) < 4.78 is 16.2. The summed E-state index contributed by atoms with van der Waals surface area (Å²) in [6.07, 6.45) is 0. The Morgan fingerprint density at radius 2 is 2.00 bits per heavy atom. The lowest BCUT2D eigenvalue weighted by molar-refractivity contribution is 0.110. The Balaban J connectivity index is 1.75. The molecule has 4 heteroatoms. The largest absolute Gasteiger partial charge is 0.454 e. The van der Waals surface area contributed by atoms with Crippen LogP contribution in [0.5, 0.6) is 11.5 Å². The highest BCUT2D eigenvalue weighted by Gasteiger charge is 2.15. The molecule has 1 N–H and O–H groups in total. The van der Waals surface area contributed by atoms with E-state index >= 15 is 0 Å². The number of hydrogen-bond donors (Lipinski definition) is 1. The van der Waals surface area contributed by atoms with Crippen molar-refractivity contribution in [2.24, 2.45) is 5.92 Å². The summed E-state index contributed by atoms with van der Waals surface area (Å²) in [5.41, 5.74) is 1.20. The van der Waals surface area contributed by atoms with E-state index in [-0.39, 0.29) is 6.04 Å². The average molecular weight is 265 g/mol. The van der Waals surface area contributed by atoms with Gasteiger partial charge in [0.2, 0.25) is 6.79 Å². The third-order valence-corrected chi connectivity index (χ3v) is 3.04. The number of nitrogens with one attached hydrogen (secondary N) is 1. The smallest absolute Gasteiger partial charge is 0.231 e. The van der Waals surface area contributed by atoms with Gasteiger partial charge in [-0.05, 0) is 30.5 Å².